The molecule has 3 N–H and O–H groups in total. The molecule has 2 aromatic carbocycles. The predicted octanol–water partition coefficient (Wildman–Crippen LogP) is 4.04. The lowest BCUT2D eigenvalue weighted by molar-refractivity contribution is -0.100. The topological polar surface area (TPSA) is 120 Å². The highest BCUT2D eigenvalue weighted by Crippen LogP contribution is 2.29. The number of aryl methyl sites for hydroxylation is 1. The van der Waals surface area contributed by atoms with Crippen molar-refractivity contribution in [3.63, 3.8) is 0 Å². The molecule has 1 aromatic heterocycles. The van der Waals surface area contributed by atoms with E-state index < -0.39 is 15.6 Å². The lowest BCUT2D eigenvalue weighted by atomic mass is 9.91. The first-order valence-corrected chi connectivity index (χ1v) is 15.3. The Hall–Kier alpha value is -3.16. The summed E-state index contributed by atoms with van der Waals surface area (Å²) in [7, 11) is -3.71. The Morgan fingerprint density at radius 1 is 1.02 bits per heavy atom. The first-order chi connectivity index (χ1) is 19.5. The number of sulfonamides is 1. The number of morpholine rings is 1. The summed E-state index contributed by atoms with van der Waals surface area (Å²) in [5.41, 5.74) is 0.926. The highest BCUT2D eigenvalue weighted by Gasteiger charge is 2.39. The van der Waals surface area contributed by atoms with Crippen molar-refractivity contribution in [2.24, 2.45) is 0 Å². The molecule has 5 rings (SSSR count). The summed E-state index contributed by atoms with van der Waals surface area (Å²) in [5.74, 6) is 0.570. The van der Waals surface area contributed by atoms with Gasteiger partial charge in [-0.05, 0) is 87.7 Å². The van der Waals surface area contributed by atoms with Gasteiger partial charge in [-0.15, -0.1) is 0 Å². The van der Waals surface area contributed by atoms with E-state index in [1.807, 2.05) is 13.8 Å². The van der Waals surface area contributed by atoms with Gasteiger partial charge < -0.3 is 20.5 Å². The summed E-state index contributed by atoms with van der Waals surface area (Å²) < 4.78 is 47.5. The zero-order valence-corrected chi connectivity index (χ0v) is 24.4. The maximum atomic E-state index is 13.6. The van der Waals surface area contributed by atoms with Crippen LogP contribution < -0.4 is 10.6 Å². The van der Waals surface area contributed by atoms with Crippen LogP contribution in [-0.4, -0.2) is 83.2 Å². The van der Waals surface area contributed by atoms with E-state index in [1.165, 1.54) is 10.4 Å². The van der Waals surface area contributed by atoms with Crippen molar-refractivity contribution in [2.75, 3.05) is 43.4 Å². The lowest BCUT2D eigenvalue weighted by Gasteiger charge is -2.43. The SMILES string of the molecule is Cc1cc(Nc2ccnc(Nc3ccc(S(=O)(=O)N4CCC(O)(CN5C[C@@H](C)O[C@@H](C)C5)CC4)cc3)n2)ccc1F. The second-order valence-corrected chi connectivity index (χ2v) is 13.0. The molecule has 2 fully saturated rings. The molecule has 0 saturated carbocycles. The zero-order valence-electron chi connectivity index (χ0n) is 23.5. The molecule has 220 valence electrons. The van der Waals surface area contributed by atoms with Crippen LogP contribution in [0.5, 0.6) is 0 Å². The van der Waals surface area contributed by atoms with Crippen molar-refractivity contribution in [1.29, 1.82) is 0 Å². The van der Waals surface area contributed by atoms with Crippen molar-refractivity contribution in [3.8, 4) is 0 Å². The third-order valence-corrected chi connectivity index (χ3v) is 9.41. The molecule has 2 aliphatic heterocycles. The van der Waals surface area contributed by atoms with E-state index in [2.05, 4.69) is 25.5 Å². The minimum Gasteiger partial charge on any atom is -0.388 e. The van der Waals surface area contributed by atoms with Crippen molar-refractivity contribution < 1.29 is 22.7 Å². The molecule has 2 atom stereocenters. The van der Waals surface area contributed by atoms with E-state index >= 15 is 0 Å². The van der Waals surface area contributed by atoms with Crippen LogP contribution in [-0.2, 0) is 14.8 Å². The van der Waals surface area contributed by atoms with Gasteiger partial charge in [0.25, 0.3) is 0 Å². The fourth-order valence-electron chi connectivity index (χ4n) is 5.48. The molecule has 0 bridgehead atoms. The molecular formula is C29H37FN6O4S. The van der Waals surface area contributed by atoms with Gasteiger partial charge in [-0.1, -0.05) is 0 Å². The molecule has 2 saturated heterocycles. The standard InChI is InChI=1S/C29H37FN6O4S/c1-20-16-24(6-9-26(20)30)32-27-10-13-31-28(34-27)33-23-4-7-25(8-5-23)41(38,39)36-14-11-29(37,12-15-36)19-35-17-21(2)40-22(3)18-35/h4-10,13,16,21-22,37H,11-12,14-15,17-19H2,1-3H3,(H2,31,32,33,34)/t21-,22+. The van der Waals surface area contributed by atoms with Crippen LogP contribution >= 0.6 is 0 Å². The monoisotopic (exact) mass is 584 g/mol. The molecule has 3 aromatic rings. The number of β-amino-alcohol motifs (C(OH)–C–C–N with tert-alkyl or cyclic N) is 1. The first-order valence-electron chi connectivity index (χ1n) is 13.8. The highest BCUT2D eigenvalue weighted by molar-refractivity contribution is 7.89. The summed E-state index contributed by atoms with van der Waals surface area (Å²) in [4.78, 5) is 11.1. The van der Waals surface area contributed by atoms with Crippen LogP contribution in [0.3, 0.4) is 0 Å². The largest absolute Gasteiger partial charge is 0.388 e. The maximum absolute atomic E-state index is 13.6. The number of aromatic nitrogens is 2. The molecule has 0 aliphatic carbocycles. The smallest absolute Gasteiger partial charge is 0.243 e. The van der Waals surface area contributed by atoms with Gasteiger partial charge >= 0.3 is 0 Å². The van der Waals surface area contributed by atoms with E-state index in [1.54, 1.807) is 55.6 Å². The molecule has 3 heterocycles. The number of rotatable bonds is 8. The van der Waals surface area contributed by atoms with Gasteiger partial charge in [0.1, 0.15) is 11.6 Å². The van der Waals surface area contributed by atoms with E-state index in [-0.39, 0.29) is 36.0 Å². The molecule has 0 unspecified atom stereocenters. The Morgan fingerprint density at radius 3 is 2.34 bits per heavy atom. The van der Waals surface area contributed by atoms with Gasteiger partial charge in [0.2, 0.25) is 16.0 Å². The average Bonchev–Trinajstić information content (AvgIpc) is 2.91. The minimum absolute atomic E-state index is 0.109. The van der Waals surface area contributed by atoms with Crippen LogP contribution in [0, 0.1) is 12.7 Å². The summed E-state index contributed by atoms with van der Waals surface area (Å²) in [6, 6.07) is 12.9. The first kappa shape index (κ1) is 29.3. The van der Waals surface area contributed by atoms with E-state index in [0.717, 1.165) is 13.1 Å². The lowest BCUT2D eigenvalue weighted by Crippen LogP contribution is -2.55. The number of nitrogens with zero attached hydrogens (tertiary/aromatic N) is 4. The number of ether oxygens (including phenoxy) is 1. The quantitative estimate of drug-likeness (QED) is 0.360. The molecule has 10 nitrogen and oxygen atoms in total. The summed E-state index contributed by atoms with van der Waals surface area (Å²) >= 11 is 0. The van der Waals surface area contributed by atoms with Gasteiger partial charge in [-0.2, -0.15) is 9.29 Å². The number of hydrogen-bond donors (Lipinski definition) is 3. The molecule has 0 amide bonds. The number of piperidine rings is 1. The Kier molecular flexibility index (Phi) is 8.57. The van der Waals surface area contributed by atoms with E-state index in [4.69, 9.17) is 4.74 Å². The summed E-state index contributed by atoms with van der Waals surface area (Å²) in [6.07, 6.45) is 2.57. The van der Waals surface area contributed by atoms with Crippen LogP contribution in [0.15, 0.2) is 59.6 Å². The predicted molar refractivity (Wildman–Crippen MR) is 156 cm³/mol. The fraction of sp³-hybridized carbons (Fsp3) is 0.448. The zero-order chi connectivity index (χ0) is 29.2. The number of halogens is 1. The molecule has 12 heteroatoms. The normalized spacial score (nSPS) is 21.9. The molecular weight excluding hydrogens is 547 g/mol. The summed E-state index contributed by atoms with van der Waals surface area (Å²) in [6.45, 7) is 8.30. The fourth-order valence-corrected chi connectivity index (χ4v) is 6.92. The van der Waals surface area contributed by atoms with Crippen LogP contribution in [0.2, 0.25) is 0 Å². The second-order valence-electron chi connectivity index (χ2n) is 11.1. The van der Waals surface area contributed by atoms with Gasteiger partial charge in [-0.3, -0.25) is 4.90 Å². The number of nitrogens with one attached hydrogen (secondary N) is 2. The van der Waals surface area contributed by atoms with Gasteiger partial charge in [-0.25, -0.2) is 17.8 Å². The molecule has 0 spiro atoms. The summed E-state index contributed by atoms with van der Waals surface area (Å²) in [5, 5.41) is 17.4. The van der Waals surface area contributed by atoms with Gasteiger partial charge in [0.15, 0.2) is 0 Å². The van der Waals surface area contributed by atoms with E-state index in [9.17, 15) is 17.9 Å². The van der Waals surface area contributed by atoms with Crippen molar-refractivity contribution in [1.82, 2.24) is 19.2 Å². The third-order valence-electron chi connectivity index (χ3n) is 7.50. The number of hydrogen-bond acceptors (Lipinski definition) is 9. The average molecular weight is 585 g/mol. The number of aliphatic hydroxyl groups is 1. The Bertz CT molecular complexity index is 1450. The number of anilines is 4. The third kappa shape index (κ3) is 7.19. The van der Waals surface area contributed by atoms with E-state index in [0.29, 0.717) is 48.1 Å². The second kappa shape index (κ2) is 12.0. The molecule has 0 radical (unpaired) electrons. The van der Waals surface area contributed by atoms with Crippen molar-refractivity contribution >= 4 is 33.2 Å². The maximum Gasteiger partial charge on any atom is 0.243 e. The molecule has 2 aliphatic rings. The van der Waals surface area contributed by atoms with Crippen molar-refractivity contribution in [3.05, 3.63) is 66.1 Å². The Morgan fingerprint density at radius 2 is 1.68 bits per heavy atom. The number of benzene rings is 2. The van der Waals surface area contributed by atoms with Gasteiger partial charge in [0.05, 0.1) is 22.7 Å². The Labute approximate surface area is 240 Å². The van der Waals surface area contributed by atoms with Crippen LogP contribution in [0.25, 0.3) is 0 Å². The molecule has 41 heavy (non-hydrogen) atoms. The van der Waals surface area contributed by atoms with Crippen molar-refractivity contribution in [2.45, 2.75) is 56.3 Å². The van der Waals surface area contributed by atoms with Crippen LogP contribution in [0.1, 0.15) is 32.3 Å². The van der Waals surface area contributed by atoms with Crippen LogP contribution in [0.4, 0.5) is 27.5 Å². The Balaban J connectivity index is 1.18. The highest BCUT2D eigenvalue weighted by atomic mass is 32.2. The minimum atomic E-state index is -3.71. The van der Waals surface area contributed by atoms with Gasteiger partial charge in [0, 0.05) is 50.3 Å².